The molecular formula is C60H62N6O22Zn2+4. The Labute approximate surface area is 536 Å². The zero-order chi connectivity index (χ0) is 55.6. The molecule has 4 aromatic carbocycles. The van der Waals surface area contributed by atoms with Gasteiger partial charge in [-0.1, -0.05) is 97.1 Å². The first kappa shape index (κ1) is 90.6. The van der Waals surface area contributed by atoms with E-state index in [2.05, 4.69) is 29.9 Å². The van der Waals surface area contributed by atoms with Gasteiger partial charge in [0.2, 0.25) is 0 Å². The number of hydrogen-bond donors (Lipinski definition) is 2. The quantitative estimate of drug-likeness (QED) is 0.0930. The third-order valence-corrected chi connectivity index (χ3v) is 11.1. The SMILES string of the molecule is O.O.O.O.O.O.O=C([O-])c1ccc(-c2cnc(-c3ccc(C(=O)O)cc3)c(C(=O)[O-])c2)cc1.O=C([O-])c1ccc(-c2cnc(-c3ccc(C(=O)O)cc3)c(C(=O)[O-])c2)cc1.[OH3+].[OH3+].[OH3+].[OH3+].[Zn+2].[Zn+2].c1ccc(-c2ccccn2)nc1.c1ccc(-c2ccccn2)nc1. The largest absolute Gasteiger partial charge is 2.00 e. The van der Waals surface area contributed by atoms with Crippen LogP contribution in [-0.2, 0) is 60.9 Å². The van der Waals surface area contributed by atoms with Crippen LogP contribution in [0.5, 0.6) is 0 Å². The van der Waals surface area contributed by atoms with E-state index in [9.17, 15) is 49.2 Å². The summed E-state index contributed by atoms with van der Waals surface area (Å²) in [5.74, 6) is -7.68. The summed E-state index contributed by atoms with van der Waals surface area (Å²) in [5.41, 5.74) is 6.67. The van der Waals surface area contributed by atoms with Crippen LogP contribution in [0.1, 0.15) is 62.1 Å². The molecule has 10 aromatic rings. The number of carbonyl (C=O) groups is 6. The molecule has 464 valence electrons. The Balaban J connectivity index is -0.000000263. The van der Waals surface area contributed by atoms with Crippen LogP contribution in [-0.4, -0.2) is 109 Å². The number of carbonyl (C=O) groups excluding carboxylic acids is 4. The number of nitrogens with zero attached hydrogens (tertiary/aromatic N) is 6. The molecule has 0 aliphatic rings. The summed E-state index contributed by atoms with van der Waals surface area (Å²) in [5, 5.41) is 62.6. The number of rotatable bonds is 12. The zero-order valence-electron chi connectivity index (χ0n) is 47.2. The first-order valence-corrected chi connectivity index (χ1v) is 23.1. The molecule has 28 nitrogen and oxygen atoms in total. The molecule has 0 unspecified atom stereocenters. The van der Waals surface area contributed by atoms with Crippen molar-refractivity contribution < 1.29 is 153 Å². The van der Waals surface area contributed by atoms with Crippen LogP contribution >= 0.6 is 0 Å². The molecule has 0 saturated heterocycles. The van der Waals surface area contributed by atoms with Gasteiger partial charge < -0.3 is 105 Å². The fourth-order valence-corrected chi connectivity index (χ4v) is 7.21. The fraction of sp³-hybridized carbons (Fsp3) is 0. The van der Waals surface area contributed by atoms with Crippen molar-refractivity contribution in [3.8, 4) is 67.5 Å². The van der Waals surface area contributed by atoms with Gasteiger partial charge in [-0.25, -0.2) is 9.59 Å². The molecule has 0 spiro atoms. The maximum atomic E-state index is 11.6. The third-order valence-electron chi connectivity index (χ3n) is 11.1. The molecule has 6 heterocycles. The van der Waals surface area contributed by atoms with Crippen LogP contribution in [0.2, 0.25) is 0 Å². The van der Waals surface area contributed by atoms with Crippen LogP contribution in [0.3, 0.4) is 0 Å². The molecule has 90 heavy (non-hydrogen) atoms. The normalized spacial score (nSPS) is 8.80. The Morgan fingerprint density at radius 3 is 0.722 bits per heavy atom. The van der Waals surface area contributed by atoms with Gasteiger partial charge in [0.25, 0.3) is 0 Å². The van der Waals surface area contributed by atoms with Gasteiger partial charge in [-0.3, -0.25) is 29.9 Å². The minimum absolute atomic E-state index is 0. The molecule has 0 aliphatic heterocycles. The summed E-state index contributed by atoms with van der Waals surface area (Å²) in [7, 11) is 0. The average molecular weight is 1350 g/mol. The van der Waals surface area contributed by atoms with E-state index in [0.717, 1.165) is 22.8 Å². The fourth-order valence-electron chi connectivity index (χ4n) is 7.21. The predicted molar refractivity (Wildman–Crippen MR) is 318 cm³/mol. The number of carboxylic acids is 6. The van der Waals surface area contributed by atoms with Gasteiger partial charge in [0.15, 0.2) is 0 Å². The topological polar surface area (TPSA) is 633 Å². The van der Waals surface area contributed by atoms with Crippen LogP contribution in [0.25, 0.3) is 67.5 Å². The average Bonchev–Trinajstić information content (AvgIpc) is 0.968. The van der Waals surface area contributed by atoms with Gasteiger partial charge >= 0.3 is 50.9 Å². The molecule has 6 aromatic heterocycles. The summed E-state index contributed by atoms with van der Waals surface area (Å²) in [6.45, 7) is 0. The van der Waals surface area contributed by atoms with Gasteiger partial charge in [0.05, 0.1) is 69.2 Å². The van der Waals surface area contributed by atoms with E-state index in [0.29, 0.717) is 33.4 Å². The molecule has 0 fully saturated rings. The van der Waals surface area contributed by atoms with Crippen molar-refractivity contribution in [2.24, 2.45) is 0 Å². The molecule has 0 amide bonds. The van der Waals surface area contributed by atoms with Gasteiger partial charge in [-0.2, -0.15) is 0 Å². The summed E-state index contributed by atoms with van der Waals surface area (Å²) < 4.78 is 0. The Bertz CT molecular complexity index is 3420. The second-order valence-electron chi connectivity index (χ2n) is 16.2. The maximum Gasteiger partial charge on any atom is 2.00 e. The van der Waals surface area contributed by atoms with E-state index < -0.39 is 35.8 Å². The first-order valence-electron chi connectivity index (χ1n) is 23.1. The second kappa shape index (κ2) is 44.0. The smallest absolute Gasteiger partial charge is 0.545 e. The minimum Gasteiger partial charge on any atom is -0.545 e. The molecule has 0 aliphatic carbocycles. The van der Waals surface area contributed by atoms with Crippen molar-refractivity contribution in [3.05, 3.63) is 253 Å². The van der Waals surface area contributed by atoms with Crippen molar-refractivity contribution in [2.45, 2.75) is 0 Å². The molecule has 0 atom stereocenters. The number of benzene rings is 4. The van der Waals surface area contributed by atoms with Crippen molar-refractivity contribution in [1.29, 1.82) is 0 Å². The number of aromatic nitrogens is 6. The number of aromatic carboxylic acids is 6. The molecule has 0 radical (unpaired) electrons. The van der Waals surface area contributed by atoms with E-state index in [1.54, 1.807) is 24.8 Å². The van der Waals surface area contributed by atoms with Crippen molar-refractivity contribution in [2.75, 3.05) is 0 Å². The molecule has 0 bridgehead atoms. The summed E-state index contributed by atoms with van der Waals surface area (Å²) in [4.78, 5) is 91.7. The van der Waals surface area contributed by atoms with E-state index in [1.165, 1.54) is 122 Å². The van der Waals surface area contributed by atoms with Gasteiger partial charge in [0, 0.05) is 70.6 Å². The van der Waals surface area contributed by atoms with E-state index >= 15 is 0 Å². The van der Waals surface area contributed by atoms with Crippen LogP contribution in [0.15, 0.2) is 219 Å². The van der Waals surface area contributed by atoms with E-state index in [4.69, 9.17) is 10.2 Å². The molecule has 30 heteroatoms. The van der Waals surface area contributed by atoms with Crippen LogP contribution in [0, 0.1) is 0 Å². The predicted octanol–water partition coefficient (Wildman–Crippen LogP) is -2.67. The van der Waals surface area contributed by atoms with E-state index in [1.807, 2.05) is 72.8 Å². The number of hydrogen-bond acceptors (Lipinski definition) is 16. The Kier molecular flexibility index (Phi) is 44.3. The van der Waals surface area contributed by atoms with Gasteiger partial charge in [-0.05, 0) is 107 Å². The van der Waals surface area contributed by atoms with Crippen molar-refractivity contribution >= 4 is 35.8 Å². The summed E-state index contributed by atoms with van der Waals surface area (Å²) in [6.07, 6.45) is 9.96. The van der Waals surface area contributed by atoms with Gasteiger partial charge in [0.1, 0.15) is 0 Å². The number of carboxylic acid groups (broad SMARTS) is 6. The number of pyridine rings is 6. The second-order valence-corrected chi connectivity index (χ2v) is 16.2. The molecular weight excluding hydrogens is 1290 g/mol. The maximum absolute atomic E-state index is 11.6. The third kappa shape index (κ3) is 24.7. The Morgan fingerprint density at radius 2 is 0.522 bits per heavy atom. The molecule has 0 saturated carbocycles. The summed E-state index contributed by atoms with van der Waals surface area (Å²) in [6, 6.07) is 48.7. The summed E-state index contributed by atoms with van der Waals surface area (Å²) >= 11 is 0. The van der Waals surface area contributed by atoms with Crippen LogP contribution < -0.4 is 20.4 Å². The molecule has 26 N–H and O–H groups in total. The first-order chi connectivity index (χ1) is 37.7. The Morgan fingerprint density at radius 1 is 0.289 bits per heavy atom. The van der Waals surface area contributed by atoms with Crippen LogP contribution in [0.4, 0.5) is 0 Å². The van der Waals surface area contributed by atoms with Gasteiger partial charge in [-0.15, -0.1) is 0 Å². The van der Waals surface area contributed by atoms with E-state index in [-0.39, 0.29) is 138 Å². The monoisotopic (exact) mass is 1350 g/mol. The standard InChI is InChI=1S/2C20H13NO6.2C10H8N2.10H2O.2Zn/c2*22-18(23)13-5-1-11(2-6-13)15-9-16(20(26)27)17(21-10-15)12-3-7-14(8-4-12)19(24)25;2*1-3-7-11-9(5-1)10-6-2-4-8-12-10;;;;;;;;;;;;/h2*1-10H,(H,22,23)(H,24,25)(H,26,27);2*1-8H;10*1H2;;/q;;;;;;;;;;;;;;2*+2. The molecule has 10 rings (SSSR count). The zero-order valence-corrected chi connectivity index (χ0v) is 53.1. The van der Waals surface area contributed by atoms with Crippen molar-refractivity contribution in [1.82, 2.24) is 29.9 Å². The Hall–Kier alpha value is -10.6. The minimum atomic E-state index is -1.44. The van der Waals surface area contributed by atoms with Crippen molar-refractivity contribution in [3.63, 3.8) is 0 Å².